The monoisotopic (exact) mass is 375 g/mol. The summed E-state index contributed by atoms with van der Waals surface area (Å²) in [6.07, 6.45) is 2.22. The molecule has 1 aliphatic heterocycles. The predicted molar refractivity (Wildman–Crippen MR) is 96.8 cm³/mol. The molecule has 0 radical (unpaired) electrons. The molecule has 0 unspecified atom stereocenters. The van der Waals surface area contributed by atoms with Crippen molar-refractivity contribution in [2.24, 2.45) is 0 Å². The predicted octanol–water partition coefficient (Wildman–Crippen LogP) is 3.90. The summed E-state index contributed by atoms with van der Waals surface area (Å²) in [5, 5.41) is 1.09. The van der Waals surface area contributed by atoms with Crippen LogP contribution >= 0.6 is 23.2 Å². The van der Waals surface area contributed by atoms with Crippen LogP contribution in [0.5, 0.6) is 0 Å². The fraction of sp³-hybridized carbons (Fsp3) is 0.222. The van der Waals surface area contributed by atoms with Crippen molar-refractivity contribution in [2.75, 3.05) is 6.54 Å². The Labute approximate surface area is 154 Å². The Morgan fingerprint density at radius 1 is 1.24 bits per heavy atom. The van der Waals surface area contributed by atoms with Gasteiger partial charge >= 0.3 is 0 Å². The molecule has 2 aromatic heterocycles. The Morgan fingerprint density at radius 2 is 2.12 bits per heavy atom. The van der Waals surface area contributed by atoms with Gasteiger partial charge in [0.25, 0.3) is 5.56 Å². The van der Waals surface area contributed by atoms with Crippen LogP contribution in [0, 0.1) is 0 Å². The highest BCUT2D eigenvalue weighted by Gasteiger charge is 2.22. The molecule has 25 heavy (non-hydrogen) atoms. The van der Waals surface area contributed by atoms with E-state index in [9.17, 15) is 4.79 Å². The van der Waals surface area contributed by atoms with Gasteiger partial charge in [-0.05, 0) is 36.2 Å². The van der Waals surface area contributed by atoms with E-state index in [1.165, 1.54) is 0 Å². The van der Waals surface area contributed by atoms with Crippen molar-refractivity contribution in [1.29, 1.82) is 0 Å². The summed E-state index contributed by atoms with van der Waals surface area (Å²) in [4.78, 5) is 22.0. The first-order valence-electron chi connectivity index (χ1n) is 7.92. The van der Waals surface area contributed by atoms with Crippen molar-refractivity contribution in [3.8, 4) is 11.6 Å². The first kappa shape index (κ1) is 16.4. The molecular weight excluding hydrogens is 361 g/mol. The maximum absolute atomic E-state index is 12.3. The fourth-order valence-corrected chi connectivity index (χ4v) is 3.38. The molecule has 0 atom stereocenters. The molecule has 3 aromatic rings. The molecule has 1 aliphatic rings. The van der Waals surface area contributed by atoms with Gasteiger partial charge < -0.3 is 9.40 Å². The van der Waals surface area contributed by atoms with Crippen LogP contribution in [-0.2, 0) is 19.5 Å². The second-order valence-corrected chi connectivity index (χ2v) is 6.84. The van der Waals surface area contributed by atoms with E-state index in [0.29, 0.717) is 34.6 Å². The zero-order valence-electron chi connectivity index (χ0n) is 13.3. The summed E-state index contributed by atoms with van der Waals surface area (Å²) in [5.41, 5.74) is 2.53. The molecule has 0 fully saturated rings. The summed E-state index contributed by atoms with van der Waals surface area (Å²) < 4.78 is 5.34. The van der Waals surface area contributed by atoms with Gasteiger partial charge in [0, 0.05) is 25.2 Å². The van der Waals surface area contributed by atoms with Gasteiger partial charge in [-0.2, -0.15) is 0 Å². The van der Waals surface area contributed by atoms with Gasteiger partial charge in [0.1, 0.15) is 0 Å². The normalized spacial score (nSPS) is 14.5. The number of hydrogen-bond acceptors (Lipinski definition) is 4. The third-order valence-corrected chi connectivity index (χ3v) is 5.04. The average molecular weight is 376 g/mol. The standard InChI is InChI=1S/C18H15Cl2N3O2/c19-13-4-3-11(8-14(13)20)9-23-6-5-12-15(10-23)21-17(22-18(12)24)16-2-1-7-25-16/h1-4,7-8H,5-6,9-10H2,(H,21,22,24). The minimum absolute atomic E-state index is 0.0920. The zero-order chi connectivity index (χ0) is 17.4. The lowest BCUT2D eigenvalue weighted by atomic mass is 10.1. The van der Waals surface area contributed by atoms with Crippen LogP contribution < -0.4 is 5.56 Å². The summed E-state index contributed by atoms with van der Waals surface area (Å²) in [5.74, 6) is 1.02. The molecule has 3 heterocycles. The lowest BCUT2D eigenvalue weighted by molar-refractivity contribution is 0.240. The Balaban J connectivity index is 1.59. The molecule has 0 aliphatic carbocycles. The molecule has 4 rings (SSSR count). The number of H-pyrrole nitrogens is 1. The van der Waals surface area contributed by atoms with Crippen molar-refractivity contribution in [3.05, 3.63) is 73.8 Å². The number of rotatable bonds is 3. The van der Waals surface area contributed by atoms with E-state index < -0.39 is 0 Å². The molecule has 1 N–H and O–H groups in total. The van der Waals surface area contributed by atoms with Gasteiger partial charge in [0.15, 0.2) is 11.6 Å². The second kappa shape index (κ2) is 6.67. The van der Waals surface area contributed by atoms with E-state index in [1.807, 2.05) is 12.1 Å². The third-order valence-electron chi connectivity index (χ3n) is 4.30. The van der Waals surface area contributed by atoms with Gasteiger partial charge in [-0.25, -0.2) is 4.98 Å². The zero-order valence-corrected chi connectivity index (χ0v) is 14.8. The fourth-order valence-electron chi connectivity index (χ4n) is 3.05. The smallest absolute Gasteiger partial charge is 0.254 e. The molecule has 0 spiro atoms. The quantitative estimate of drug-likeness (QED) is 0.753. The first-order valence-corrected chi connectivity index (χ1v) is 8.68. The van der Waals surface area contributed by atoms with Crippen LogP contribution in [0.1, 0.15) is 16.8 Å². The van der Waals surface area contributed by atoms with Crippen molar-refractivity contribution in [2.45, 2.75) is 19.5 Å². The Kier molecular flexibility index (Phi) is 4.37. The van der Waals surface area contributed by atoms with Crippen LogP contribution in [0.15, 0.2) is 45.8 Å². The number of fused-ring (bicyclic) bond motifs is 1. The topological polar surface area (TPSA) is 62.1 Å². The average Bonchev–Trinajstić information content (AvgIpc) is 3.12. The maximum atomic E-state index is 12.3. The SMILES string of the molecule is O=c1[nH]c(-c2ccco2)nc2c1CCN(Cc1ccc(Cl)c(Cl)c1)C2. The van der Waals surface area contributed by atoms with Gasteiger partial charge in [0.2, 0.25) is 0 Å². The van der Waals surface area contributed by atoms with Gasteiger partial charge in [-0.3, -0.25) is 9.69 Å². The summed E-state index contributed by atoms with van der Waals surface area (Å²) in [6, 6.07) is 9.18. The number of furan rings is 1. The Bertz CT molecular complexity index is 967. The highest BCUT2D eigenvalue weighted by Crippen LogP contribution is 2.25. The second-order valence-electron chi connectivity index (χ2n) is 6.03. The van der Waals surface area contributed by atoms with E-state index in [1.54, 1.807) is 24.5 Å². The number of nitrogens with one attached hydrogen (secondary N) is 1. The maximum Gasteiger partial charge on any atom is 0.254 e. The van der Waals surface area contributed by atoms with Crippen LogP contribution in [0.25, 0.3) is 11.6 Å². The number of aromatic nitrogens is 2. The van der Waals surface area contributed by atoms with Crippen molar-refractivity contribution < 1.29 is 4.42 Å². The third kappa shape index (κ3) is 3.35. The van der Waals surface area contributed by atoms with Crippen molar-refractivity contribution >= 4 is 23.2 Å². The van der Waals surface area contributed by atoms with E-state index in [4.69, 9.17) is 27.6 Å². The minimum Gasteiger partial charge on any atom is -0.461 e. The summed E-state index contributed by atoms with van der Waals surface area (Å²) >= 11 is 12.1. The van der Waals surface area contributed by atoms with Crippen LogP contribution in [0.3, 0.4) is 0 Å². The van der Waals surface area contributed by atoms with Crippen molar-refractivity contribution in [3.63, 3.8) is 0 Å². The van der Waals surface area contributed by atoms with Crippen LogP contribution in [0.2, 0.25) is 10.0 Å². The van der Waals surface area contributed by atoms with E-state index >= 15 is 0 Å². The van der Waals surface area contributed by atoms with Crippen molar-refractivity contribution in [1.82, 2.24) is 14.9 Å². The van der Waals surface area contributed by atoms with Gasteiger partial charge in [-0.1, -0.05) is 29.3 Å². The minimum atomic E-state index is -0.0920. The number of benzene rings is 1. The molecule has 0 saturated heterocycles. The van der Waals surface area contributed by atoms with E-state index in [2.05, 4.69) is 14.9 Å². The summed E-state index contributed by atoms with van der Waals surface area (Å²) in [7, 11) is 0. The number of nitrogens with zero attached hydrogens (tertiary/aromatic N) is 2. The number of halogens is 2. The molecule has 7 heteroatoms. The van der Waals surface area contributed by atoms with Gasteiger partial charge in [0.05, 0.1) is 22.0 Å². The summed E-state index contributed by atoms with van der Waals surface area (Å²) in [6.45, 7) is 2.12. The van der Waals surface area contributed by atoms with Gasteiger partial charge in [-0.15, -0.1) is 0 Å². The van der Waals surface area contributed by atoms with Crippen LogP contribution in [-0.4, -0.2) is 21.4 Å². The molecule has 128 valence electrons. The Morgan fingerprint density at radius 3 is 2.88 bits per heavy atom. The molecular formula is C18H15Cl2N3O2. The molecule has 5 nitrogen and oxygen atoms in total. The number of aromatic amines is 1. The molecule has 0 bridgehead atoms. The highest BCUT2D eigenvalue weighted by molar-refractivity contribution is 6.42. The molecule has 1 aromatic carbocycles. The lowest BCUT2D eigenvalue weighted by Gasteiger charge is -2.27. The molecule has 0 saturated carbocycles. The first-order chi connectivity index (χ1) is 12.1. The van der Waals surface area contributed by atoms with E-state index in [0.717, 1.165) is 29.9 Å². The highest BCUT2D eigenvalue weighted by atomic mass is 35.5. The van der Waals surface area contributed by atoms with E-state index in [-0.39, 0.29) is 5.56 Å². The molecule has 0 amide bonds. The Hall–Kier alpha value is -2.08. The lowest BCUT2D eigenvalue weighted by Crippen LogP contribution is -2.35. The number of hydrogen-bond donors (Lipinski definition) is 1. The largest absolute Gasteiger partial charge is 0.461 e. The van der Waals surface area contributed by atoms with Crippen LogP contribution in [0.4, 0.5) is 0 Å².